The second kappa shape index (κ2) is 4.92. The van der Waals surface area contributed by atoms with Gasteiger partial charge in [0.2, 0.25) is 0 Å². The van der Waals surface area contributed by atoms with E-state index in [0.29, 0.717) is 10.6 Å². The minimum Gasteiger partial charge on any atom is -0.289 e. The van der Waals surface area contributed by atoms with Crippen LogP contribution in [0.2, 0.25) is 5.02 Å². The number of carbonyl (C=O) groups is 1. The molecule has 1 aromatic carbocycles. The summed E-state index contributed by atoms with van der Waals surface area (Å²) in [4.78, 5) is 14.6. The zero-order valence-corrected chi connectivity index (χ0v) is 12.5. The molecular formula is C13H10BrClOS. The molecule has 1 aromatic heterocycles. The van der Waals surface area contributed by atoms with Gasteiger partial charge in [-0.25, -0.2) is 0 Å². The summed E-state index contributed by atoms with van der Waals surface area (Å²) in [5, 5.41) is 0.571. The maximum atomic E-state index is 12.4. The van der Waals surface area contributed by atoms with Gasteiger partial charge in [-0.05, 0) is 38.1 Å². The number of carbonyl (C=O) groups excluding carboxylic acids is 1. The molecule has 0 atom stereocenters. The number of aryl methyl sites for hydroxylation is 2. The van der Waals surface area contributed by atoms with Gasteiger partial charge in [-0.3, -0.25) is 4.79 Å². The standard InChI is InChI=1S/C13H10BrClOS/c1-7-5-10(8(2)17-7)13(16)11-6-9(15)3-4-12(11)14/h3-6H,1-2H3. The molecule has 0 amide bonds. The molecular weight excluding hydrogens is 320 g/mol. The van der Waals surface area contributed by atoms with E-state index in [0.717, 1.165) is 19.8 Å². The van der Waals surface area contributed by atoms with Crippen molar-refractivity contribution in [3.8, 4) is 0 Å². The van der Waals surface area contributed by atoms with Gasteiger partial charge in [-0.15, -0.1) is 11.3 Å². The van der Waals surface area contributed by atoms with Gasteiger partial charge in [0.05, 0.1) is 0 Å². The fourth-order valence-corrected chi connectivity index (χ4v) is 3.19. The van der Waals surface area contributed by atoms with Crippen molar-refractivity contribution >= 4 is 44.7 Å². The largest absolute Gasteiger partial charge is 0.289 e. The van der Waals surface area contributed by atoms with Crippen molar-refractivity contribution in [3.05, 3.63) is 54.6 Å². The molecule has 17 heavy (non-hydrogen) atoms. The normalized spacial score (nSPS) is 10.6. The Morgan fingerprint density at radius 3 is 2.53 bits per heavy atom. The van der Waals surface area contributed by atoms with Gasteiger partial charge in [0.1, 0.15) is 0 Å². The highest BCUT2D eigenvalue weighted by Crippen LogP contribution is 2.28. The van der Waals surface area contributed by atoms with E-state index in [4.69, 9.17) is 11.6 Å². The summed E-state index contributed by atoms with van der Waals surface area (Å²) in [6, 6.07) is 7.17. The zero-order chi connectivity index (χ0) is 12.6. The first kappa shape index (κ1) is 12.8. The van der Waals surface area contributed by atoms with Crippen molar-refractivity contribution in [1.29, 1.82) is 0 Å². The second-order valence-electron chi connectivity index (χ2n) is 3.78. The predicted octanol–water partition coefficient (Wildman–Crippen LogP) is 5.01. The molecule has 4 heteroatoms. The predicted molar refractivity (Wildman–Crippen MR) is 76.4 cm³/mol. The van der Waals surface area contributed by atoms with Gasteiger partial charge in [0, 0.05) is 30.4 Å². The van der Waals surface area contributed by atoms with E-state index in [1.54, 1.807) is 29.5 Å². The average molecular weight is 330 g/mol. The van der Waals surface area contributed by atoms with Crippen LogP contribution in [-0.4, -0.2) is 5.78 Å². The number of rotatable bonds is 2. The van der Waals surface area contributed by atoms with Crippen LogP contribution < -0.4 is 0 Å². The molecule has 88 valence electrons. The Morgan fingerprint density at radius 1 is 1.24 bits per heavy atom. The van der Waals surface area contributed by atoms with Gasteiger partial charge in [-0.2, -0.15) is 0 Å². The third kappa shape index (κ3) is 2.62. The first-order chi connectivity index (χ1) is 7.99. The molecule has 0 aliphatic heterocycles. The quantitative estimate of drug-likeness (QED) is 0.708. The molecule has 0 saturated carbocycles. The van der Waals surface area contributed by atoms with Crippen LogP contribution in [0.5, 0.6) is 0 Å². The van der Waals surface area contributed by atoms with Gasteiger partial charge in [-0.1, -0.05) is 27.5 Å². The van der Waals surface area contributed by atoms with Gasteiger partial charge in [0.15, 0.2) is 5.78 Å². The van der Waals surface area contributed by atoms with Crippen LogP contribution >= 0.6 is 38.9 Å². The molecule has 0 saturated heterocycles. The smallest absolute Gasteiger partial charge is 0.195 e. The minimum atomic E-state index is 0.0150. The first-order valence-electron chi connectivity index (χ1n) is 5.06. The lowest BCUT2D eigenvalue weighted by molar-refractivity contribution is 0.103. The summed E-state index contributed by atoms with van der Waals surface area (Å²) in [7, 11) is 0. The van der Waals surface area contributed by atoms with Crippen LogP contribution in [0, 0.1) is 13.8 Å². The molecule has 0 unspecified atom stereocenters. The average Bonchev–Trinajstić information content (AvgIpc) is 2.60. The summed E-state index contributed by atoms with van der Waals surface area (Å²) in [5.74, 6) is 0.0150. The Balaban J connectivity index is 2.50. The molecule has 1 nitrogen and oxygen atoms in total. The Labute approximate surface area is 118 Å². The van der Waals surface area contributed by atoms with Gasteiger partial charge < -0.3 is 0 Å². The molecule has 0 aliphatic carbocycles. The molecule has 1 heterocycles. The summed E-state index contributed by atoms with van der Waals surface area (Å²) >= 11 is 10.9. The number of benzene rings is 1. The third-order valence-corrected chi connectivity index (χ3v) is 4.35. The monoisotopic (exact) mass is 328 g/mol. The minimum absolute atomic E-state index is 0.0150. The van der Waals surface area contributed by atoms with Crippen LogP contribution in [0.15, 0.2) is 28.7 Å². The fraction of sp³-hybridized carbons (Fsp3) is 0.154. The highest BCUT2D eigenvalue weighted by Gasteiger charge is 2.16. The van der Waals surface area contributed by atoms with Crippen LogP contribution in [0.25, 0.3) is 0 Å². The Hall–Kier alpha value is -0.640. The molecule has 0 fully saturated rings. The molecule has 0 bridgehead atoms. The zero-order valence-electron chi connectivity index (χ0n) is 9.38. The second-order valence-corrected chi connectivity index (χ2v) is 6.53. The molecule has 2 rings (SSSR count). The van der Waals surface area contributed by atoms with Gasteiger partial charge in [0.25, 0.3) is 0 Å². The lowest BCUT2D eigenvalue weighted by Gasteiger charge is -2.03. The fourth-order valence-electron chi connectivity index (χ4n) is 1.67. The summed E-state index contributed by atoms with van der Waals surface area (Å²) in [6.07, 6.45) is 0. The highest BCUT2D eigenvalue weighted by atomic mass is 79.9. The van der Waals surface area contributed by atoms with Crippen LogP contribution in [0.1, 0.15) is 25.7 Å². The van der Waals surface area contributed by atoms with Crippen LogP contribution in [0.3, 0.4) is 0 Å². The number of hydrogen-bond donors (Lipinski definition) is 0. The third-order valence-electron chi connectivity index (χ3n) is 2.46. The Kier molecular flexibility index (Phi) is 3.71. The van der Waals surface area contributed by atoms with Crippen LogP contribution in [0.4, 0.5) is 0 Å². The number of halogens is 2. The van der Waals surface area contributed by atoms with Crippen molar-refractivity contribution in [1.82, 2.24) is 0 Å². The van der Waals surface area contributed by atoms with Crippen molar-refractivity contribution in [3.63, 3.8) is 0 Å². The lowest BCUT2D eigenvalue weighted by atomic mass is 10.0. The van der Waals surface area contributed by atoms with E-state index in [1.807, 2.05) is 19.9 Å². The van der Waals surface area contributed by atoms with Crippen molar-refractivity contribution in [2.75, 3.05) is 0 Å². The van der Waals surface area contributed by atoms with Crippen molar-refractivity contribution in [2.24, 2.45) is 0 Å². The number of hydrogen-bond acceptors (Lipinski definition) is 2. The van der Waals surface area contributed by atoms with E-state index in [1.165, 1.54) is 0 Å². The van der Waals surface area contributed by atoms with E-state index in [-0.39, 0.29) is 5.78 Å². The van der Waals surface area contributed by atoms with E-state index in [2.05, 4.69) is 15.9 Å². The Morgan fingerprint density at radius 2 is 1.94 bits per heavy atom. The summed E-state index contributed by atoms with van der Waals surface area (Å²) in [5.41, 5.74) is 1.37. The first-order valence-corrected chi connectivity index (χ1v) is 7.04. The highest BCUT2D eigenvalue weighted by molar-refractivity contribution is 9.10. The SMILES string of the molecule is Cc1cc(C(=O)c2cc(Cl)ccc2Br)c(C)s1. The molecule has 0 radical (unpaired) electrons. The topological polar surface area (TPSA) is 17.1 Å². The lowest BCUT2D eigenvalue weighted by Crippen LogP contribution is -2.02. The molecule has 0 spiro atoms. The molecule has 0 aliphatic rings. The number of thiophene rings is 1. The number of ketones is 1. The van der Waals surface area contributed by atoms with Crippen molar-refractivity contribution in [2.45, 2.75) is 13.8 Å². The summed E-state index contributed by atoms with van der Waals surface area (Å²) < 4.78 is 0.773. The van der Waals surface area contributed by atoms with E-state index >= 15 is 0 Å². The summed E-state index contributed by atoms with van der Waals surface area (Å²) in [6.45, 7) is 3.96. The van der Waals surface area contributed by atoms with Crippen molar-refractivity contribution < 1.29 is 4.79 Å². The molecule has 2 aromatic rings. The Bertz CT molecular complexity index is 589. The molecule has 0 N–H and O–H groups in total. The maximum absolute atomic E-state index is 12.4. The van der Waals surface area contributed by atoms with E-state index < -0.39 is 0 Å². The van der Waals surface area contributed by atoms with Crippen LogP contribution in [-0.2, 0) is 0 Å². The maximum Gasteiger partial charge on any atom is 0.195 e. The van der Waals surface area contributed by atoms with Gasteiger partial charge >= 0.3 is 0 Å². The van der Waals surface area contributed by atoms with E-state index in [9.17, 15) is 4.79 Å².